The van der Waals surface area contributed by atoms with E-state index in [0.717, 1.165) is 31.6 Å². The third-order valence-electron chi connectivity index (χ3n) is 4.45. The fourth-order valence-corrected chi connectivity index (χ4v) is 5.01. The zero-order valence-electron chi connectivity index (χ0n) is 11.7. The highest BCUT2D eigenvalue weighted by Gasteiger charge is 2.35. The maximum Gasteiger partial charge on any atom is 0.180 e. The molecule has 2 atom stereocenters. The monoisotopic (exact) mass is 295 g/mol. The molecule has 3 rings (SSSR count). The van der Waals surface area contributed by atoms with Crippen molar-refractivity contribution in [3.05, 3.63) is 29.8 Å². The maximum atomic E-state index is 12.2. The summed E-state index contributed by atoms with van der Waals surface area (Å²) in [5.74, 6) is 0.749. The van der Waals surface area contributed by atoms with Gasteiger partial charge in [-0.2, -0.15) is 0 Å². The lowest BCUT2D eigenvalue weighted by atomic mass is 9.92. The molecule has 0 aromatic heterocycles. The zero-order chi connectivity index (χ0) is 14.2. The summed E-state index contributed by atoms with van der Waals surface area (Å²) >= 11 is 0. The zero-order valence-corrected chi connectivity index (χ0v) is 12.5. The first-order valence-corrected chi connectivity index (χ1v) is 8.88. The number of nitrogens with one attached hydrogen (secondary N) is 1. The van der Waals surface area contributed by atoms with Gasteiger partial charge in [0.2, 0.25) is 0 Å². The van der Waals surface area contributed by atoms with Crippen molar-refractivity contribution in [2.75, 3.05) is 19.0 Å². The summed E-state index contributed by atoms with van der Waals surface area (Å²) in [6, 6.07) is 7.58. The summed E-state index contributed by atoms with van der Waals surface area (Å²) in [6.45, 7) is 3.79. The van der Waals surface area contributed by atoms with E-state index in [1.54, 1.807) is 12.1 Å². The van der Waals surface area contributed by atoms with Gasteiger partial charge < -0.3 is 10.1 Å². The van der Waals surface area contributed by atoms with Crippen molar-refractivity contribution >= 4 is 9.84 Å². The molecule has 1 fully saturated rings. The highest BCUT2D eigenvalue weighted by molar-refractivity contribution is 7.91. The number of benzene rings is 1. The minimum atomic E-state index is -3.12. The van der Waals surface area contributed by atoms with Crippen LogP contribution in [0.4, 0.5) is 0 Å². The standard InChI is InChI=1S/C15H21NO3S/c1-11(12-6-8-19-9-7-12)16-14-10-20(17,18)15-5-3-2-4-13(14)15/h2-5,11-12,14,16H,6-10H2,1H3. The van der Waals surface area contributed by atoms with Crippen molar-refractivity contribution in [1.82, 2.24) is 5.32 Å². The van der Waals surface area contributed by atoms with E-state index in [2.05, 4.69) is 12.2 Å². The smallest absolute Gasteiger partial charge is 0.180 e. The molecule has 1 saturated heterocycles. The van der Waals surface area contributed by atoms with Crippen LogP contribution in [0.5, 0.6) is 0 Å². The van der Waals surface area contributed by atoms with Gasteiger partial charge in [0.1, 0.15) is 0 Å². The summed E-state index contributed by atoms with van der Waals surface area (Å²) in [4.78, 5) is 0.497. The van der Waals surface area contributed by atoms with Gasteiger partial charge in [-0.1, -0.05) is 18.2 Å². The van der Waals surface area contributed by atoms with Gasteiger partial charge in [0.15, 0.2) is 9.84 Å². The van der Waals surface area contributed by atoms with Gasteiger partial charge in [-0.15, -0.1) is 0 Å². The molecule has 0 saturated carbocycles. The quantitative estimate of drug-likeness (QED) is 0.925. The summed E-state index contributed by atoms with van der Waals surface area (Å²) < 4.78 is 29.7. The summed E-state index contributed by atoms with van der Waals surface area (Å²) in [7, 11) is -3.12. The van der Waals surface area contributed by atoms with Crippen molar-refractivity contribution in [3.63, 3.8) is 0 Å². The fraction of sp³-hybridized carbons (Fsp3) is 0.600. The molecule has 2 aliphatic rings. The normalized spacial score (nSPS) is 27.1. The van der Waals surface area contributed by atoms with Gasteiger partial charge in [-0.25, -0.2) is 8.42 Å². The van der Waals surface area contributed by atoms with Crippen LogP contribution in [-0.4, -0.2) is 33.4 Å². The maximum absolute atomic E-state index is 12.2. The number of rotatable bonds is 3. The number of fused-ring (bicyclic) bond motifs is 1. The summed E-state index contributed by atoms with van der Waals surface area (Å²) in [6.07, 6.45) is 2.10. The van der Waals surface area contributed by atoms with Gasteiger partial charge in [0.05, 0.1) is 10.6 Å². The Kier molecular flexibility index (Phi) is 3.84. The highest BCUT2D eigenvalue weighted by atomic mass is 32.2. The van der Waals surface area contributed by atoms with Crippen LogP contribution in [0.25, 0.3) is 0 Å². The third-order valence-corrected chi connectivity index (χ3v) is 6.27. The lowest BCUT2D eigenvalue weighted by molar-refractivity contribution is 0.0547. The number of hydrogen-bond donors (Lipinski definition) is 1. The van der Waals surface area contributed by atoms with Crippen molar-refractivity contribution in [2.45, 2.75) is 36.7 Å². The molecule has 110 valence electrons. The van der Waals surface area contributed by atoms with Gasteiger partial charge in [-0.05, 0) is 37.3 Å². The lowest BCUT2D eigenvalue weighted by Crippen LogP contribution is -2.39. The Balaban J connectivity index is 1.76. The van der Waals surface area contributed by atoms with Crippen LogP contribution in [0.3, 0.4) is 0 Å². The molecular formula is C15H21NO3S. The average molecular weight is 295 g/mol. The lowest BCUT2D eigenvalue weighted by Gasteiger charge is -2.30. The van der Waals surface area contributed by atoms with Crippen LogP contribution in [-0.2, 0) is 14.6 Å². The molecule has 20 heavy (non-hydrogen) atoms. The van der Waals surface area contributed by atoms with Crippen molar-refractivity contribution in [1.29, 1.82) is 0 Å². The van der Waals surface area contributed by atoms with Crippen LogP contribution in [0.2, 0.25) is 0 Å². The van der Waals surface area contributed by atoms with E-state index in [-0.39, 0.29) is 11.8 Å². The molecule has 0 bridgehead atoms. The van der Waals surface area contributed by atoms with Crippen LogP contribution in [0.15, 0.2) is 29.2 Å². The molecule has 5 heteroatoms. The van der Waals surface area contributed by atoms with E-state index < -0.39 is 9.84 Å². The van der Waals surface area contributed by atoms with Crippen molar-refractivity contribution in [2.24, 2.45) is 5.92 Å². The van der Waals surface area contributed by atoms with Gasteiger partial charge in [0.25, 0.3) is 0 Å². The minimum Gasteiger partial charge on any atom is -0.381 e. The molecule has 0 aliphatic carbocycles. The molecule has 0 amide bonds. The third kappa shape index (κ3) is 2.62. The number of ether oxygens (including phenoxy) is 1. The van der Waals surface area contributed by atoms with E-state index in [1.165, 1.54) is 0 Å². The first-order valence-electron chi connectivity index (χ1n) is 7.23. The Morgan fingerprint density at radius 3 is 2.70 bits per heavy atom. The van der Waals surface area contributed by atoms with Crippen LogP contribution in [0, 0.1) is 5.92 Å². The molecule has 4 nitrogen and oxygen atoms in total. The molecule has 1 aromatic carbocycles. The highest BCUT2D eigenvalue weighted by Crippen LogP contribution is 2.34. The second-order valence-electron chi connectivity index (χ2n) is 5.78. The fourth-order valence-electron chi connectivity index (χ4n) is 3.26. The summed E-state index contributed by atoms with van der Waals surface area (Å²) in [5, 5.41) is 3.53. The summed E-state index contributed by atoms with van der Waals surface area (Å²) in [5.41, 5.74) is 0.923. The Labute approximate surface area is 120 Å². The predicted octanol–water partition coefficient (Wildman–Crippen LogP) is 1.92. The van der Waals surface area contributed by atoms with Crippen molar-refractivity contribution < 1.29 is 13.2 Å². The average Bonchev–Trinajstić information content (AvgIpc) is 2.72. The largest absolute Gasteiger partial charge is 0.381 e. The predicted molar refractivity (Wildman–Crippen MR) is 77.4 cm³/mol. The van der Waals surface area contributed by atoms with Gasteiger partial charge >= 0.3 is 0 Å². The van der Waals surface area contributed by atoms with Gasteiger partial charge in [0, 0.05) is 25.3 Å². The Hall–Kier alpha value is -0.910. The van der Waals surface area contributed by atoms with E-state index in [4.69, 9.17) is 4.74 Å². The Morgan fingerprint density at radius 2 is 1.95 bits per heavy atom. The molecule has 2 unspecified atom stereocenters. The molecule has 1 aromatic rings. The molecule has 1 N–H and O–H groups in total. The molecular weight excluding hydrogens is 274 g/mol. The molecule has 0 radical (unpaired) electrons. The SMILES string of the molecule is CC(NC1CS(=O)(=O)c2ccccc21)C1CCOCC1. The van der Waals surface area contributed by atoms with E-state index in [1.807, 2.05) is 12.1 Å². The Morgan fingerprint density at radius 1 is 1.25 bits per heavy atom. The molecule has 0 spiro atoms. The van der Waals surface area contributed by atoms with E-state index in [0.29, 0.717) is 16.9 Å². The minimum absolute atomic E-state index is 0.0750. The number of sulfone groups is 1. The molecule has 2 heterocycles. The number of hydrogen-bond acceptors (Lipinski definition) is 4. The second kappa shape index (κ2) is 5.47. The van der Waals surface area contributed by atoms with E-state index >= 15 is 0 Å². The van der Waals surface area contributed by atoms with E-state index in [9.17, 15) is 8.42 Å². The first-order chi connectivity index (χ1) is 9.58. The van der Waals surface area contributed by atoms with Crippen LogP contribution in [0.1, 0.15) is 31.4 Å². The van der Waals surface area contributed by atoms with Crippen LogP contribution >= 0.6 is 0 Å². The second-order valence-corrected chi connectivity index (χ2v) is 7.78. The Bertz CT molecular complexity index is 579. The van der Waals surface area contributed by atoms with Gasteiger partial charge in [-0.3, -0.25) is 0 Å². The first kappa shape index (κ1) is 14.0. The topological polar surface area (TPSA) is 55.4 Å². The van der Waals surface area contributed by atoms with Crippen LogP contribution < -0.4 is 5.32 Å². The van der Waals surface area contributed by atoms with Crippen molar-refractivity contribution in [3.8, 4) is 0 Å². The molecule has 2 aliphatic heterocycles.